The van der Waals surface area contributed by atoms with Gasteiger partial charge in [-0.2, -0.15) is 5.10 Å². The number of imidazole rings is 1. The van der Waals surface area contributed by atoms with E-state index in [1.165, 1.54) is 18.4 Å². The standard InChI is InChI=1S/C21H21N5O/c27-21-12-18(26-8-7-22-13-26)4-5-19(21)20-6-3-17(24-25-20)11-14-9-15-1-2-16(10-14)23-15/h3-8,11-13,15-16,23,27H,1-2,9-10H2/t15-,16+. The fourth-order valence-electron chi connectivity index (χ4n) is 4.14. The normalized spacial score (nSPS) is 23.0. The molecule has 6 nitrogen and oxygen atoms in total. The molecular weight excluding hydrogens is 338 g/mol. The van der Waals surface area contributed by atoms with Crippen LogP contribution in [0.25, 0.3) is 23.0 Å². The summed E-state index contributed by atoms with van der Waals surface area (Å²) in [5, 5.41) is 22.8. The first kappa shape index (κ1) is 16.2. The Hall–Kier alpha value is -2.99. The summed E-state index contributed by atoms with van der Waals surface area (Å²) in [6.07, 6.45) is 12.2. The minimum absolute atomic E-state index is 0.177. The number of hydrogen-bond donors (Lipinski definition) is 2. The number of phenols is 1. The number of nitrogens with one attached hydrogen (secondary N) is 1. The molecule has 0 spiro atoms. The van der Waals surface area contributed by atoms with E-state index in [0.29, 0.717) is 23.3 Å². The van der Waals surface area contributed by atoms with Crippen molar-refractivity contribution in [1.29, 1.82) is 0 Å². The first-order valence-corrected chi connectivity index (χ1v) is 9.35. The molecule has 2 aliphatic rings. The fraction of sp³-hybridized carbons (Fsp3) is 0.286. The van der Waals surface area contributed by atoms with Gasteiger partial charge in [-0.25, -0.2) is 4.98 Å². The molecule has 136 valence electrons. The van der Waals surface area contributed by atoms with Crippen molar-refractivity contribution in [3.05, 3.63) is 60.3 Å². The Morgan fingerprint density at radius 1 is 1.07 bits per heavy atom. The highest BCUT2D eigenvalue weighted by Crippen LogP contribution is 2.32. The predicted octanol–water partition coefficient (Wildman–Crippen LogP) is 3.33. The SMILES string of the molecule is Oc1cc(-n2ccnc2)ccc1-c1ccc(C=C2C[C@H]3CC[C@@H](C2)N3)nn1. The number of phenolic OH excluding ortho intramolecular Hbond substituents is 1. The van der Waals surface area contributed by atoms with Crippen molar-refractivity contribution in [1.82, 2.24) is 25.1 Å². The molecule has 2 bridgehead atoms. The molecule has 0 aliphatic carbocycles. The second-order valence-electron chi connectivity index (χ2n) is 7.36. The van der Waals surface area contributed by atoms with Crippen LogP contribution in [0.4, 0.5) is 0 Å². The number of fused-ring (bicyclic) bond motifs is 2. The van der Waals surface area contributed by atoms with E-state index >= 15 is 0 Å². The van der Waals surface area contributed by atoms with E-state index in [2.05, 4.69) is 26.6 Å². The maximum atomic E-state index is 10.4. The highest BCUT2D eigenvalue weighted by molar-refractivity contribution is 5.69. The Labute approximate surface area is 157 Å². The largest absolute Gasteiger partial charge is 0.507 e. The molecule has 2 atom stereocenters. The van der Waals surface area contributed by atoms with Gasteiger partial charge in [0, 0.05) is 36.1 Å². The van der Waals surface area contributed by atoms with Crippen LogP contribution in [-0.2, 0) is 0 Å². The summed E-state index contributed by atoms with van der Waals surface area (Å²) < 4.78 is 1.84. The Kier molecular flexibility index (Phi) is 3.98. The fourth-order valence-corrected chi connectivity index (χ4v) is 4.14. The van der Waals surface area contributed by atoms with E-state index in [1.807, 2.05) is 35.0 Å². The van der Waals surface area contributed by atoms with Crippen molar-refractivity contribution in [2.45, 2.75) is 37.8 Å². The Morgan fingerprint density at radius 2 is 1.93 bits per heavy atom. The summed E-state index contributed by atoms with van der Waals surface area (Å²) >= 11 is 0. The van der Waals surface area contributed by atoms with Crippen molar-refractivity contribution in [2.75, 3.05) is 0 Å². The highest BCUT2D eigenvalue weighted by Gasteiger charge is 2.30. The third-order valence-corrected chi connectivity index (χ3v) is 5.45. The lowest BCUT2D eigenvalue weighted by atomic mass is 9.98. The van der Waals surface area contributed by atoms with E-state index in [4.69, 9.17) is 0 Å². The lowest BCUT2D eigenvalue weighted by Gasteiger charge is -2.23. The van der Waals surface area contributed by atoms with Gasteiger partial charge in [-0.1, -0.05) is 5.57 Å². The highest BCUT2D eigenvalue weighted by atomic mass is 16.3. The number of hydrogen-bond acceptors (Lipinski definition) is 5. The Bertz CT molecular complexity index is 964. The second kappa shape index (κ2) is 6.63. The van der Waals surface area contributed by atoms with E-state index < -0.39 is 0 Å². The molecule has 0 radical (unpaired) electrons. The zero-order chi connectivity index (χ0) is 18.2. The van der Waals surface area contributed by atoms with Gasteiger partial charge in [-0.05, 0) is 56.0 Å². The van der Waals surface area contributed by atoms with Crippen LogP contribution in [-0.4, -0.2) is 36.9 Å². The maximum absolute atomic E-state index is 10.4. The zero-order valence-electron chi connectivity index (χ0n) is 14.9. The lowest BCUT2D eigenvalue weighted by molar-refractivity contribution is 0.476. The van der Waals surface area contributed by atoms with Gasteiger partial charge in [-0.15, -0.1) is 5.10 Å². The number of benzene rings is 1. The molecule has 2 aliphatic heterocycles. The minimum Gasteiger partial charge on any atom is -0.507 e. The van der Waals surface area contributed by atoms with Gasteiger partial charge >= 0.3 is 0 Å². The first-order chi connectivity index (χ1) is 13.2. The van der Waals surface area contributed by atoms with Crippen molar-refractivity contribution >= 4 is 6.08 Å². The number of nitrogens with zero attached hydrogens (tertiary/aromatic N) is 4. The van der Waals surface area contributed by atoms with Crippen molar-refractivity contribution in [3.8, 4) is 22.7 Å². The molecule has 2 saturated heterocycles. The molecule has 27 heavy (non-hydrogen) atoms. The van der Waals surface area contributed by atoms with E-state index in [1.54, 1.807) is 18.6 Å². The van der Waals surface area contributed by atoms with Crippen LogP contribution in [0.2, 0.25) is 0 Å². The molecule has 1 aromatic carbocycles. The molecule has 4 heterocycles. The van der Waals surface area contributed by atoms with Gasteiger partial charge in [0.1, 0.15) is 5.75 Å². The maximum Gasteiger partial charge on any atom is 0.127 e. The van der Waals surface area contributed by atoms with Crippen molar-refractivity contribution in [3.63, 3.8) is 0 Å². The summed E-state index contributed by atoms with van der Waals surface area (Å²) in [6, 6.07) is 10.7. The number of aromatic hydroxyl groups is 1. The zero-order valence-corrected chi connectivity index (χ0v) is 14.9. The van der Waals surface area contributed by atoms with Crippen LogP contribution in [0.1, 0.15) is 31.4 Å². The van der Waals surface area contributed by atoms with Gasteiger partial charge in [0.2, 0.25) is 0 Å². The average Bonchev–Trinajstić information content (AvgIpc) is 3.32. The Balaban J connectivity index is 1.37. The number of aromatic nitrogens is 4. The Morgan fingerprint density at radius 3 is 2.59 bits per heavy atom. The van der Waals surface area contributed by atoms with Gasteiger partial charge in [0.25, 0.3) is 0 Å². The van der Waals surface area contributed by atoms with Crippen LogP contribution in [0.5, 0.6) is 5.75 Å². The molecule has 2 aromatic heterocycles. The molecule has 0 amide bonds. The topological polar surface area (TPSA) is 75.9 Å². The molecule has 2 fully saturated rings. The molecule has 5 rings (SSSR count). The smallest absolute Gasteiger partial charge is 0.127 e. The van der Waals surface area contributed by atoms with E-state index in [-0.39, 0.29) is 5.75 Å². The quantitative estimate of drug-likeness (QED) is 0.750. The van der Waals surface area contributed by atoms with Gasteiger partial charge in [0.15, 0.2) is 0 Å². The third-order valence-electron chi connectivity index (χ3n) is 5.45. The number of rotatable bonds is 3. The van der Waals surface area contributed by atoms with E-state index in [9.17, 15) is 5.11 Å². The van der Waals surface area contributed by atoms with Crippen LogP contribution >= 0.6 is 0 Å². The van der Waals surface area contributed by atoms with Crippen molar-refractivity contribution in [2.24, 2.45) is 0 Å². The molecule has 0 unspecified atom stereocenters. The summed E-state index contributed by atoms with van der Waals surface area (Å²) in [5.74, 6) is 0.177. The van der Waals surface area contributed by atoms with Crippen LogP contribution in [0.15, 0.2) is 54.6 Å². The first-order valence-electron chi connectivity index (χ1n) is 9.35. The van der Waals surface area contributed by atoms with Crippen molar-refractivity contribution < 1.29 is 5.11 Å². The summed E-state index contributed by atoms with van der Waals surface area (Å²) in [4.78, 5) is 4.03. The van der Waals surface area contributed by atoms with Gasteiger partial charge < -0.3 is 15.0 Å². The van der Waals surface area contributed by atoms with Crippen LogP contribution in [0.3, 0.4) is 0 Å². The van der Waals surface area contributed by atoms with Crippen LogP contribution in [0, 0.1) is 0 Å². The van der Waals surface area contributed by atoms with Crippen LogP contribution < -0.4 is 5.32 Å². The summed E-state index contributed by atoms with van der Waals surface area (Å²) in [7, 11) is 0. The monoisotopic (exact) mass is 359 g/mol. The second-order valence-corrected chi connectivity index (χ2v) is 7.36. The molecule has 0 saturated carbocycles. The predicted molar refractivity (Wildman–Crippen MR) is 103 cm³/mol. The third kappa shape index (κ3) is 3.24. The van der Waals surface area contributed by atoms with Gasteiger partial charge in [-0.3, -0.25) is 0 Å². The van der Waals surface area contributed by atoms with Gasteiger partial charge in [0.05, 0.1) is 23.4 Å². The van der Waals surface area contributed by atoms with E-state index in [0.717, 1.165) is 24.2 Å². The summed E-state index contributed by atoms with van der Waals surface area (Å²) in [5.41, 5.74) is 4.52. The molecule has 6 heteroatoms. The summed E-state index contributed by atoms with van der Waals surface area (Å²) in [6.45, 7) is 0. The minimum atomic E-state index is 0.177. The molecular formula is C21H21N5O. The molecule has 3 aromatic rings. The number of piperidine rings is 1. The average molecular weight is 359 g/mol. The molecule has 2 N–H and O–H groups in total. The lowest BCUT2D eigenvalue weighted by Crippen LogP contribution is -2.34.